The van der Waals surface area contributed by atoms with Gasteiger partial charge in [0.2, 0.25) is 17.1 Å². The third-order valence-corrected chi connectivity index (χ3v) is 27.1. The first kappa shape index (κ1) is 81.3. The molecule has 0 aliphatic rings. The number of aromatic nitrogens is 9. The van der Waals surface area contributed by atoms with Crippen LogP contribution in [-0.4, -0.2) is 43.1 Å². The summed E-state index contributed by atoms with van der Waals surface area (Å²) in [6, 6.07) is 166. The molecular formula is C128H79N9O4. The highest BCUT2D eigenvalue weighted by Gasteiger charge is 2.28. The molecule has 0 atom stereocenters. The Bertz CT molecular complexity index is 9860. The fraction of sp³-hybridized carbons (Fsp3) is 0. The molecule has 0 aliphatic heterocycles. The maximum atomic E-state index is 6.65. The summed E-state index contributed by atoms with van der Waals surface area (Å²) in [5, 5.41) is 7.68. The number of fused-ring (bicyclic) bond motifs is 20. The lowest BCUT2D eigenvalue weighted by atomic mass is 9.97. The van der Waals surface area contributed by atoms with E-state index in [0.29, 0.717) is 11.6 Å². The highest BCUT2D eigenvalue weighted by molar-refractivity contribution is 6.15. The highest BCUT2D eigenvalue weighted by Crippen LogP contribution is 2.49. The molecule has 0 N–H and O–H groups in total. The van der Waals surface area contributed by atoms with E-state index in [1.807, 2.05) is 146 Å². The zero-order valence-corrected chi connectivity index (χ0v) is 75.8. The smallest absolute Gasteiger partial charge is 0.213 e. The first-order valence-corrected chi connectivity index (χ1v) is 47.3. The first-order chi connectivity index (χ1) is 69.9. The van der Waals surface area contributed by atoms with E-state index in [0.717, 1.165) is 239 Å². The Kier molecular flexibility index (Phi) is 19.6. The average molecular weight is 1810 g/mol. The number of hydrogen-bond donors (Lipinski definition) is 0. The van der Waals surface area contributed by atoms with Crippen LogP contribution >= 0.6 is 0 Å². The quantitative estimate of drug-likeness (QED) is 0.109. The number of para-hydroxylation sites is 11. The molecule has 0 radical (unpaired) electrons. The van der Waals surface area contributed by atoms with Crippen molar-refractivity contribution in [3.63, 3.8) is 0 Å². The van der Waals surface area contributed by atoms with Gasteiger partial charge < -0.3 is 17.7 Å². The summed E-state index contributed by atoms with van der Waals surface area (Å²) in [4.78, 5) is 30.0. The van der Waals surface area contributed by atoms with Gasteiger partial charge in [-0.25, -0.2) is 29.9 Å². The predicted octanol–water partition coefficient (Wildman–Crippen LogP) is 33.8. The molecule has 0 bridgehead atoms. The normalized spacial score (nSPS) is 11.7. The monoisotopic (exact) mass is 1810 g/mol. The van der Waals surface area contributed by atoms with Crippen molar-refractivity contribution in [3.8, 4) is 146 Å². The van der Waals surface area contributed by atoms with Crippen LogP contribution in [0.4, 0.5) is 0 Å². The van der Waals surface area contributed by atoms with Gasteiger partial charge in [0.05, 0.1) is 83.6 Å². The Hall–Kier alpha value is -19.2. The van der Waals surface area contributed by atoms with Crippen LogP contribution in [0.5, 0.6) is 0 Å². The Labute approximate surface area is 807 Å². The van der Waals surface area contributed by atoms with Crippen molar-refractivity contribution >= 4 is 127 Å². The van der Waals surface area contributed by atoms with Gasteiger partial charge in [0, 0.05) is 87.8 Å². The lowest BCUT2D eigenvalue weighted by Gasteiger charge is -2.11. The molecular weight excluding hydrogens is 1730 g/mol. The molecule has 10 heterocycles. The summed E-state index contributed by atoms with van der Waals surface area (Å²) in [5.41, 5.74) is 39.1. The molecule has 141 heavy (non-hydrogen) atoms. The molecule has 0 amide bonds. The molecule has 660 valence electrons. The van der Waals surface area contributed by atoms with Crippen LogP contribution in [-0.2, 0) is 0 Å². The molecule has 0 saturated heterocycles. The van der Waals surface area contributed by atoms with Gasteiger partial charge in [0.15, 0.2) is 34.2 Å². The molecule has 29 aromatic rings. The van der Waals surface area contributed by atoms with Crippen LogP contribution in [0.2, 0.25) is 0 Å². The molecule has 19 aromatic carbocycles. The van der Waals surface area contributed by atoms with E-state index in [2.05, 4.69) is 347 Å². The summed E-state index contributed by atoms with van der Waals surface area (Å²) in [5.74, 6) is 2.13. The summed E-state index contributed by atoms with van der Waals surface area (Å²) in [6.07, 6.45) is 0. The molecule has 10 aromatic heterocycles. The number of nitrogens with zero attached hydrogens (tertiary/aromatic N) is 9. The third kappa shape index (κ3) is 14.2. The Morgan fingerprint density at radius 1 is 0.170 bits per heavy atom. The zero-order chi connectivity index (χ0) is 93.0. The summed E-state index contributed by atoms with van der Waals surface area (Å²) < 4.78 is 33.1. The molecule has 13 heteroatoms. The largest absolute Gasteiger partial charge is 0.455 e. The highest BCUT2D eigenvalue weighted by atomic mass is 16.4. The second-order valence-corrected chi connectivity index (χ2v) is 35.4. The van der Waals surface area contributed by atoms with E-state index in [-0.39, 0.29) is 0 Å². The fourth-order valence-corrected chi connectivity index (χ4v) is 20.5. The van der Waals surface area contributed by atoms with Gasteiger partial charge in [0.25, 0.3) is 0 Å². The van der Waals surface area contributed by atoms with E-state index in [1.165, 1.54) is 22.3 Å². The standard InChI is InChI=1S/C48H29N3O2.2C40H25N3O/c1-3-12-30(13-4-1)39-29-40(50-47(49-39)33-14-5-2-6-15-33)31-22-24-32(25-23-31)45-38-28-34(26-27-41(38)51-42-19-8-10-21-44(42)53-48(45)51)35-17-11-18-37-36-16-7-9-20-43(36)52-46(35)37;1-3-12-26(13-4-1)28-22-23-32-35(25-28)43-34-20-9-10-21-36(34)44-40(43)37(32)29-16-11-17-30(24-29)38-31-18-7-8-19-33(31)41-39(42-38)27-14-5-2-6-15-27;1-3-12-26(13-4-1)30-17-11-18-32-36(40-43(38(30)32)34-20-9-10-21-35(34)44-40)27-22-24-28(25-23-27)37-31-16-7-8-19-33(31)41-39(42-37)29-14-5-2-6-15-29/h1-29H;2*1-25H. The van der Waals surface area contributed by atoms with Crippen molar-refractivity contribution in [1.29, 1.82) is 0 Å². The maximum Gasteiger partial charge on any atom is 0.213 e. The summed E-state index contributed by atoms with van der Waals surface area (Å²) in [6.45, 7) is 0. The van der Waals surface area contributed by atoms with Gasteiger partial charge in [-0.05, 0) is 124 Å². The van der Waals surface area contributed by atoms with E-state index in [1.54, 1.807) is 0 Å². The molecule has 0 spiro atoms. The summed E-state index contributed by atoms with van der Waals surface area (Å²) >= 11 is 0. The van der Waals surface area contributed by atoms with Crippen LogP contribution in [0.25, 0.3) is 273 Å². The fourth-order valence-electron chi connectivity index (χ4n) is 20.5. The van der Waals surface area contributed by atoms with Crippen molar-refractivity contribution in [2.24, 2.45) is 0 Å². The average Bonchev–Trinajstić information content (AvgIpc) is 1.56. The maximum absolute atomic E-state index is 6.65. The van der Waals surface area contributed by atoms with Crippen LogP contribution in [0.3, 0.4) is 0 Å². The predicted molar refractivity (Wildman–Crippen MR) is 574 cm³/mol. The molecule has 29 rings (SSSR count). The van der Waals surface area contributed by atoms with E-state index in [4.69, 9.17) is 47.6 Å². The molecule has 0 fully saturated rings. The van der Waals surface area contributed by atoms with Crippen molar-refractivity contribution in [3.05, 3.63) is 479 Å². The second-order valence-electron chi connectivity index (χ2n) is 35.4. The number of furan rings is 1. The van der Waals surface area contributed by atoms with Gasteiger partial charge in [-0.2, -0.15) is 0 Å². The van der Waals surface area contributed by atoms with Crippen LogP contribution in [0, 0.1) is 0 Å². The lowest BCUT2D eigenvalue weighted by Crippen LogP contribution is -1.95. The molecule has 0 aliphatic carbocycles. The van der Waals surface area contributed by atoms with Gasteiger partial charge >= 0.3 is 0 Å². The van der Waals surface area contributed by atoms with E-state index >= 15 is 0 Å². The van der Waals surface area contributed by atoms with Crippen LogP contribution in [0.1, 0.15) is 0 Å². The van der Waals surface area contributed by atoms with E-state index in [9.17, 15) is 0 Å². The van der Waals surface area contributed by atoms with Gasteiger partial charge in [-0.15, -0.1) is 0 Å². The minimum Gasteiger partial charge on any atom is -0.455 e. The molecule has 0 unspecified atom stereocenters. The van der Waals surface area contributed by atoms with Crippen molar-refractivity contribution in [1.82, 2.24) is 43.1 Å². The van der Waals surface area contributed by atoms with Gasteiger partial charge in [-0.3, -0.25) is 13.2 Å². The Balaban J connectivity index is 0.000000107. The SMILES string of the molecule is c1ccc(-c2cc(-c3ccc(-c4c5cc(-c6cccc7c6oc6ccccc67)ccc5n5c4oc4ccccc45)cc3)nc(-c3ccccc3)n2)cc1.c1ccc(-c2ccc3c(-c4cccc(-c5nc(-c6ccccc6)nc6ccccc56)c4)c4oc5ccccc5n4c3c2)cc1.c1ccc(-c2nc(-c3ccc(-c4c5cccc(-c6ccccc6)c5n5c4oc4ccccc45)cc3)c3ccccc3n2)cc1. The second kappa shape index (κ2) is 34.0. The third-order valence-electron chi connectivity index (χ3n) is 27.1. The summed E-state index contributed by atoms with van der Waals surface area (Å²) in [7, 11) is 0. The first-order valence-electron chi connectivity index (χ1n) is 47.3. The Morgan fingerprint density at radius 2 is 0.553 bits per heavy atom. The molecule has 13 nitrogen and oxygen atoms in total. The van der Waals surface area contributed by atoms with Gasteiger partial charge in [-0.1, -0.05) is 394 Å². The molecule has 0 saturated carbocycles. The van der Waals surface area contributed by atoms with Gasteiger partial charge in [0.1, 0.15) is 11.2 Å². The van der Waals surface area contributed by atoms with Crippen molar-refractivity contribution in [2.75, 3.05) is 0 Å². The van der Waals surface area contributed by atoms with Crippen molar-refractivity contribution < 1.29 is 17.7 Å². The lowest BCUT2D eigenvalue weighted by molar-refractivity contribution is 0.658. The van der Waals surface area contributed by atoms with Crippen LogP contribution < -0.4 is 0 Å². The zero-order valence-electron chi connectivity index (χ0n) is 75.8. The Morgan fingerprint density at radius 3 is 1.13 bits per heavy atom. The number of rotatable bonds is 13. The van der Waals surface area contributed by atoms with E-state index < -0.39 is 0 Å². The topological polar surface area (TPSA) is 143 Å². The number of hydrogen-bond acceptors (Lipinski definition) is 10. The van der Waals surface area contributed by atoms with Crippen molar-refractivity contribution in [2.45, 2.75) is 0 Å². The minimum atomic E-state index is 0.695. The minimum absolute atomic E-state index is 0.695. The number of oxazole rings is 3. The van der Waals surface area contributed by atoms with Crippen LogP contribution in [0.15, 0.2) is 497 Å². The number of benzene rings is 19.